The lowest BCUT2D eigenvalue weighted by Crippen LogP contribution is -2.35. The van der Waals surface area contributed by atoms with E-state index in [0.717, 1.165) is 18.4 Å². The number of anilines is 1. The third-order valence-corrected chi connectivity index (χ3v) is 4.91. The lowest BCUT2D eigenvalue weighted by Gasteiger charge is -2.24. The molecule has 3 rings (SSSR count). The first kappa shape index (κ1) is 15.8. The molecular weight excluding hydrogens is 292 g/mol. The summed E-state index contributed by atoms with van der Waals surface area (Å²) in [6.45, 7) is 2.51. The molecule has 2 amide bonds. The van der Waals surface area contributed by atoms with Gasteiger partial charge in [-0.05, 0) is 37.5 Å². The summed E-state index contributed by atoms with van der Waals surface area (Å²) in [5.74, 6) is 0.394. The molecule has 1 saturated heterocycles. The Balaban J connectivity index is 1.67. The molecule has 1 aromatic carbocycles. The molecule has 1 unspecified atom stereocenters. The van der Waals surface area contributed by atoms with Gasteiger partial charge in [-0.3, -0.25) is 9.59 Å². The van der Waals surface area contributed by atoms with Crippen molar-refractivity contribution in [3.8, 4) is 5.75 Å². The number of carbonyl (C=O) groups is 2. The van der Waals surface area contributed by atoms with Crippen LogP contribution in [0.5, 0.6) is 5.75 Å². The molecule has 0 spiro atoms. The summed E-state index contributed by atoms with van der Waals surface area (Å²) in [6.07, 6.45) is 4.84. The number of rotatable bonds is 4. The van der Waals surface area contributed by atoms with Crippen molar-refractivity contribution in [3.63, 3.8) is 0 Å². The van der Waals surface area contributed by atoms with Gasteiger partial charge in [0.15, 0.2) is 0 Å². The van der Waals surface area contributed by atoms with Gasteiger partial charge in [0.25, 0.3) is 0 Å². The average molecular weight is 316 g/mol. The van der Waals surface area contributed by atoms with E-state index in [-0.39, 0.29) is 17.7 Å². The van der Waals surface area contributed by atoms with Crippen LogP contribution < -0.4 is 10.1 Å². The number of aryl methyl sites for hydroxylation is 1. The molecule has 5 heteroatoms. The van der Waals surface area contributed by atoms with Gasteiger partial charge in [0.05, 0.1) is 18.7 Å². The molecule has 124 valence electrons. The summed E-state index contributed by atoms with van der Waals surface area (Å²) < 4.78 is 5.30. The molecule has 0 radical (unpaired) electrons. The van der Waals surface area contributed by atoms with Crippen molar-refractivity contribution < 1.29 is 14.3 Å². The second-order valence-electron chi connectivity index (χ2n) is 6.58. The predicted molar refractivity (Wildman–Crippen MR) is 88.4 cm³/mol. The van der Waals surface area contributed by atoms with Crippen LogP contribution in [-0.2, 0) is 9.59 Å². The minimum Gasteiger partial charge on any atom is -0.495 e. The highest BCUT2D eigenvalue weighted by atomic mass is 16.5. The molecule has 1 aliphatic heterocycles. The SMILES string of the molecule is COc1ccc(C)cc1NC(=O)C1CC(=O)N(C2CCCC2)C1. The minimum atomic E-state index is -0.270. The zero-order valence-corrected chi connectivity index (χ0v) is 13.8. The standard InChI is InChI=1S/C18H24N2O3/c1-12-7-8-16(23-2)15(9-12)19-18(22)13-10-17(21)20(11-13)14-5-3-4-6-14/h7-9,13-14H,3-6,10-11H2,1-2H3,(H,19,22). The van der Waals surface area contributed by atoms with E-state index in [4.69, 9.17) is 4.74 Å². The highest BCUT2D eigenvalue weighted by molar-refractivity contribution is 5.98. The monoisotopic (exact) mass is 316 g/mol. The molecule has 2 aliphatic rings. The van der Waals surface area contributed by atoms with Gasteiger partial charge < -0.3 is 15.0 Å². The third-order valence-electron chi connectivity index (χ3n) is 4.91. The second-order valence-corrected chi connectivity index (χ2v) is 6.58. The Morgan fingerprint density at radius 3 is 2.74 bits per heavy atom. The number of nitrogens with zero attached hydrogens (tertiary/aromatic N) is 1. The number of methoxy groups -OCH3 is 1. The van der Waals surface area contributed by atoms with Gasteiger partial charge in [0, 0.05) is 19.0 Å². The van der Waals surface area contributed by atoms with Gasteiger partial charge in [0.1, 0.15) is 5.75 Å². The van der Waals surface area contributed by atoms with Crippen LogP contribution in [0.4, 0.5) is 5.69 Å². The first-order chi connectivity index (χ1) is 11.1. The molecule has 0 bridgehead atoms. The van der Waals surface area contributed by atoms with Crippen molar-refractivity contribution in [1.29, 1.82) is 0 Å². The van der Waals surface area contributed by atoms with Crippen LogP contribution in [0.2, 0.25) is 0 Å². The number of hydrogen-bond donors (Lipinski definition) is 1. The predicted octanol–water partition coefficient (Wildman–Crippen LogP) is 2.73. The zero-order chi connectivity index (χ0) is 16.4. The average Bonchev–Trinajstić information content (AvgIpc) is 3.16. The molecule has 1 heterocycles. The van der Waals surface area contributed by atoms with E-state index in [1.165, 1.54) is 12.8 Å². The molecule has 1 aromatic rings. The van der Waals surface area contributed by atoms with Crippen LogP contribution >= 0.6 is 0 Å². The largest absolute Gasteiger partial charge is 0.495 e. The Labute approximate surface area is 137 Å². The van der Waals surface area contributed by atoms with Gasteiger partial charge in [-0.2, -0.15) is 0 Å². The summed E-state index contributed by atoms with van der Waals surface area (Å²) >= 11 is 0. The maximum atomic E-state index is 12.6. The van der Waals surface area contributed by atoms with Crippen LogP contribution in [0.3, 0.4) is 0 Å². The normalized spacial score (nSPS) is 21.7. The van der Waals surface area contributed by atoms with E-state index in [1.54, 1.807) is 7.11 Å². The van der Waals surface area contributed by atoms with Crippen molar-refractivity contribution in [1.82, 2.24) is 4.90 Å². The van der Waals surface area contributed by atoms with Crippen LogP contribution in [0, 0.1) is 12.8 Å². The van der Waals surface area contributed by atoms with Gasteiger partial charge in [-0.1, -0.05) is 18.9 Å². The number of likely N-dealkylation sites (tertiary alicyclic amines) is 1. The smallest absolute Gasteiger partial charge is 0.229 e. The molecule has 1 N–H and O–H groups in total. The van der Waals surface area contributed by atoms with Crippen molar-refractivity contribution in [2.75, 3.05) is 19.0 Å². The fraction of sp³-hybridized carbons (Fsp3) is 0.556. The Bertz CT molecular complexity index is 608. The van der Waals surface area contributed by atoms with Crippen molar-refractivity contribution in [2.45, 2.75) is 45.1 Å². The highest BCUT2D eigenvalue weighted by Gasteiger charge is 2.38. The van der Waals surface area contributed by atoms with E-state index in [2.05, 4.69) is 5.32 Å². The fourth-order valence-electron chi connectivity index (χ4n) is 3.63. The molecule has 1 saturated carbocycles. The maximum absolute atomic E-state index is 12.6. The van der Waals surface area contributed by atoms with E-state index in [9.17, 15) is 9.59 Å². The Morgan fingerprint density at radius 1 is 1.30 bits per heavy atom. The molecule has 0 aromatic heterocycles. The topological polar surface area (TPSA) is 58.6 Å². The zero-order valence-electron chi connectivity index (χ0n) is 13.8. The lowest BCUT2D eigenvalue weighted by atomic mass is 10.1. The van der Waals surface area contributed by atoms with E-state index in [1.807, 2.05) is 30.0 Å². The minimum absolute atomic E-state index is 0.0947. The van der Waals surface area contributed by atoms with Crippen LogP contribution in [-0.4, -0.2) is 36.4 Å². The lowest BCUT2D eigenvalue weighted by molar-refractivity contribution is -0.129. The van der Waals surface area contributed by atoms with Crippen LogP contribution in [0.1, 0.15) is 37.7 Å². The van der Waals surface area contributed by atoms with Gasteiger partial charge >= 0.3 is 0 Å². The molecule has 2 fully saturated rings. The molecule has 1 aliphatic carbocycles. The highest BCUT2D eigenvalue weighted by Crippen LogP contribution is 2.31. The van der Waals surface area contributed by atoms with Crippen LogP contribution in [0.15, 0.2) is 18.2 Å². The summed E-state index contributed by atoms with van der Waals surface area (Å²) in [6, 6.07) is 6.02. The summed E-state index contributed by atoms with van der Waals surface area (Å²) in [5, 5.41) is 2.93. The summed E-state index contributed by atoms with van der Waals surface area (Å²) in [4.78, 5) is 26.7. The number of hydrogen-bond acceptors (Lipinski definition) is 3. The Morgan fingerprint density at radius 2 is 2.04 bits per heavy atom. The molecular formula is C18H24N2O3. The van der Waals surface area contributed by atoms with E-state index in [0.29, 0.717) is 30.4 Å². The number of benzene rings is 1. The summed E-state index contributed by atoms with van der Waals surface area (Å²) in [5.41, 5.74) is 1.72. The molecule has 23 heavy (non-hydrogen) atoms. The maximum Gasteiger partial charge on any atom is 0.229 e. The summed E-state index contributed by atoms with van der Waals surface area (Å²) in [7, 11) is 1.58. The molecule has 1 atom stereocenters. The Hall–Kier alpha value is -2.04. The number of amides is 2. The number of nitrogens with one attached hydrogen (secondary N) is 1. The van der Waals surface area contributed by atoms with E-state index < -0.39 is 0 Å². The number of ether oxygens (including phenoxy) is 1. The van der Waals surface area contributed by atoms with Gasteiger partial charge in [-0.25, -0.2) is 0 Å². The third kappa shape index (κ3) is 3.33. The second kappa shape index (κ2) is 6.60. The number of carbonyl (C=O) groups excluding carboxylic acids is 2. The first-order valence-electron chi connectivity index (χ1n) is 8.33. The molecule has 5 nitrogen and oxygen atoms in total. The Kier molecular flexibility index (Phi) is 4.55. The fourth-order valence-corrected chi connectivity index (χ4v) is 3.63. The van der Waals surface area contributed by atoms with Crippen LogP contribution in [0.25, 0.3) is 0 Å². The van der Waals surface area contributed by atoms with Crippen molar-refractivity contribution in [3.05, 3.63) is 23.8 Å². The quantitative estimate of drug-likeness (QED) is 0.929. The van der Waals surface area contributed by atoms with E-state index >= 15 is 0 Å². The van der Waals surface area contributed by atoms with Gasteiger partial charge in [-0.15, -0.1) is 0 Å². The first-order valence-corrected chi connectivity index (χ1v) is 8.33. The van der Waals surface area contributed by atoms with Crippen molar-refractivity contribution >= 4 is 17.5 Å². The van der Waals surface area contributed by atoms with Gasteiger partial charge in [0.2, 0.25) is 11.8 Å². The van der Waals surface area contributed by atoms with Crippen molar-refractivity contribution in [2.24, 2.45) is 5.92 Å².